The summed E-state index contributed by atoms with van der Waals surface area (Å²) in [5, 5.41) is 5.41. The van der Waals surface area contributed by atoms with Crippen LogP contribution in [0.25, 0.3) is 0 Å². The smallest absolute Gasteiger partial charge is 0.315 e. The van der Waals surface area contributed by atoms with Gasteiger partial charge in [-0.25, -0.2) is 4.79 Å². The Morgan fingerprint density at radius 2 is 1.94 bits per heavy atom. The van der Waals surface area contributed by atoms with Crippen LogP contribution >= 0.6 is 0 Å². The number of rotatable bonds is 5. The van der Waals surface area contributed by atoms with Crippen LogP contribution in [-0.2, 0) is 9.53 Å². The normalized spacial score (nSPS) is 12.8. The SMILES string of the molecule is CCC(C)NC(=O)NCC(C)(C)C(=O)OC. The van der Waals surface area contributed by atoms with E-state index in [1.54, 1.807) is 13.8 Å². The van der Waals surface area contributed by atoms with Gasteiger partial charge in [0.1, 0.15) is 0 Å². The maximum atomic E-state index is 11.4. The van der Waals surface area contributed by atoms with Gasteiger partial charge in [0, 0.05) is 12.6 Å². The first kappa shape index (κ1) is 14.7. The molecule has 94 valence electrons. The molecule has 0 aromatic heterocycles. The van der Waals surface area contributed by atoms with Crippen LogP contribution in [0.2, 0.25) is 0 Å². The van der Waals surface area contributed by atoms with E-state index < -0.39 is 5.41 Å². The molecule has 5 heteroatoms. The number of carbonyl (C=O) groups is 2. The Morgan fingerprint density at radius 1 is 1.38 bits per heavy atom. The van der Waals surface area contributed by atoms with Crippen molar-refractivity contribution in [2.45, 2.75) is 40.2 Å². The molecular weight excluding hydrogens is 208 g/mol. The maximum Gasteiger partial charge on any atom is 0.315 e. The lowest BCUT2D eigenvalue weighted by atomic mass is 9.94. The second kappa shape index (κ2) is 6.35. The minimum Gasteiger partial charge on any atom is -0.469 e. The molecule has 1 atom stereocenters. The third kappa shape index (κ3) is 5.00. The highest BCUT2D eigenvalue weighted by molar-refractivity contribution is 5.78. The lowest BCUT2D eigenvalue weighted by Gasteiger charge is -2.22. The van der Waals surface area contributed by atoms with Crippen LogP contribution < -0.4 is 10.6 Å². The summed E-state index contributed by atoms with van der Waals surface area (Å²) in [7, 11) is 1.34. The molecule has 0 saturated heterocycles. The first-order valence-corrected chi connectivity index (χ1v) is 5.46. The van der Waals surface area contributed by atoms with E-state index in [0.717, 1.165) is 6.42 Å². The summed E-state index contributed by atoms with van der Waals surface area (Å²) >= 11 is 0. The standard InChI is InChI=1S/C11H22N2O3/c1-6-8(2)13-10(15)12-7-11(3,4)9(14)16-5/h8H,6-7H2,1-5H3,(H2,12,13,15). The van der Waals surface area contributed by atoms with Crippen LogP contribution in [0.4, 0.5) is 4.79 Å². The van der Waals surface area contributed by atoms with Crippen molar-refractivity contribution in [3.05, 3.63) is 0 Å². The Bertz CT molecular complexity index is 252. The van der Waals surface area contributed by atoms with Crippen molar-refractivity contribution in [2.24, 2.45) is 5.41 Å². The molecule has 0 fully saturated rings. The van der Waals surface area contributed by atoms with Crippen LogP contribution in [0.15, 0.2) is 0 Å². The van der Waals surface area contributed by atoms with E-state index in [-0.39, 0.29) is 24.6 Å². The zero-order chi connectivity index (χ0) is 12.8. The summed E-state index contributed by atoms with van der Waals surface area (Å²) < 4.78 is 4.64. The minimum atomic E-state index is -0.707. The predicted octanol–water partition coefficient (Wildman–Crippen LogP) is 1.28. The van der Waals surface area contributed by atoms with Crippen molar-refractivity contribution in [3.8, 4) is 0 Å². The lowest BCUT2D eigenvalue weighted by molar-refractivity contribution is -0.150. The van der Waals surface area contributed by atoms with E-state index in [1.165, 1.54) is 7.11 Å². The van der Waals surface area contributed by atoms with Crippen LogP contribution in [-0.4, -0.2) is 31.7 Å². The van der Waals surface area contributed by atoms with Crippen LogP contribution in [0.5, 0.6) is 0 Å². The molecule has 0 aromatic carbocycles. The van der Waals surface area contributed by atoms with Gasteiger partial charge in [-0.2, -0.15) is 0 Å². The number of carbonyl (C=O) groups excluding carboxylic acids is 2. The molecule has 0 aliphatic carbocycles. The van der Waals surface area contributed by atoms with Gasteiger partial charge in [-0.15, -0.1) is 0 Å². The molecule has 0 heterocycles. The highest BCUT2D eigenvalue weighted by atomic mass is 16.5. The molecule has 2 amide bonds. The third-order valence-electron chi connectivity index (χ3n) is 2.42. The number of ether oxygens (including phenoxy) is 1. The molecule has 0 rings (SSSR count). The van der Waals surface area contributed by atoms with Gasteiger partial charge in [0.2, 0.25) is 0 Å². The van der Waals surface area contributed by atoms with Crippen LogP contribution in [0.3, 0.4) is 0 Å². The zero-order valence-electron chi connectivity index (χ0n) is 10.7. The van der Waals surface area contributed by atoms with Gasteiger partial charge in [0.05, 0.1) is 12.5 Å². The van der Waals surface area contributed by atoms with Crippen molar-refractivity contribution in [1.29, 1.82) is 0 Å². The number of methoxy groups -OCH3 is 1. The number of amides is 2. The Hall–Kier alpha value is -1.26. The average Bonchev–Trinajstić information content (AvgIpc) is 2.25. The quantitative estimate of drug-likeness (QED) is 0.699. The highest BCUT2D eigenvalue weighted by Gasteiger charge is 2.29. The number of nitrogens with one attached hydrogen (secondary N) is 2. The molecule has 0 aliphatic heterocycles. The Morgan fingerprint density at radius 3 is 2.38 bits per heavy atom. The van der Waals surface area contributed by atoms with Gasteiger partial charge < -0.3 is 15.4 Å². The summed E-state index contributed by atoms with van der Waals surface area (Å²) in [5.41, 5.74) is -0.707. The van der Waals surface area contributed by atoms with Crippen molar-refractivity contribution in [2.75, 3.05) is 13.7 Å². The fraction of sp³-hybridized carbons (Fsp3) is 0.818. The van der Waals surface area contributed by atoms with Crippen molar-refractivity contribution < 1.29 is 14.3 Å². The summed E-state index contributed by atoms with van der Waals surface area (Å²) in [4.78, 5) is 22.7. The second-order valence-electron chi connectivity index (χ2n) is 4.51. The fourth-order valence-electron chi connectivity index (χ4n) is 1.03. The molecule has 16 heavy (non-hydrogen) atoms. The Kier molecular flexibility index (Phi) is 5.85. The van der Waals surface area contributed by atoms with E-state index in [1.807, 2.05) is 13.8 Å². The first-order chi connectivity index (χ1) is 7.33. The van der Waals surface area contributed by atoms with E-state index in [0.29, 0.717) is 0 Å². The van der Waals surface area contributed by atoms with Crippen LogP contribution in [0, 0.1) is 5.41 Å². The van der Waals surface area contributed by atoms with Gasteiger partial charge in [0.15, 0.2) is 0 Å². The molecule has 5 nitrogen and oxygen atoms in total. The topological polar surface area (TPSA) is 67.4 Å². The molecule has 1 unspecified atom stereocenters. The molecule has 0 bridgehead atoms. The average molecular weight is 230 g/mol. The van der Waals surface area contributed by atoms with E-state index in [2.05, 4.69) is 15.4 Å². The summed E-state index contributed by atoms with van der Waals surface area (Å²) in [6.45, 7) is 7.61. The van der Waals surface area contributed by atoms with Gasteiger partial charge in [-0.3, -0.25) is 4.79 Å². The number of urea groups is 1. The van der Waals surface area contributed by atoms with Crippen LogP contribution in [0.1, 0.15) is 34.1 Å². The minimum absolute atomic E-state index is 0.126. The van der Waals surface area contributed by atoms with Gasteiger partial charge >= 0.3 is 12.0 Å². The molecule has 0 radical (unpaired) electrons. The van der Waals surface area contributed by atoms with E-state index in [4.69, 9.17) is 0 Å². The summed E-state index contributed by atoms with van der Waals surface area (Å²) in [6.07, 6.45) is 0.869. The van der Waals surface area contributed by atoms with Gasteiger partial charge in [-0.1, -0.05) is 6.92 Å². The van der Waals surface area contributed by atoms with Gasteiger partial charge in [0.25, 0.3) is 0 Å². The monoisotopic (exact) mass is 230 g/mol. The number of hydrogen-bond acceptors (Lipinski definition) is 3. The predicted molar refractivity (Wildman–Crippen MR) is 62.1 cm³/mol. The summed E-state index contributed by atoms with van der Waals surface area (Å²) in [6, 6.07) is -0.132. The zero-order valence-corrected chi connectivity index (χ0v) is 10.7. The fourth-order valence-corrected chi connectivity index (χ4v) is 1.03. The highest BCUT2D eigenvalue weighted by Crippen LogP contribution is 2.15. The Balaban J connectivity index is 4.05. The summed E-state index contributed by atoms with van der Waals surface area (Å²) in [5.74, 6) is -0.337. The largest absolute Gasteiger partial charge is 0.469 e. The molecule has 0 spiro atoms. The number of hydrogen-bond donors (Lipinski definition) is 2. The molecule has 2 N–H and O–H groups in total. The van der Waals surface area contributed by atoms with E-state index in [9.17, 15) is 9.59 Å². The third-order valence-corrected chi connectivity index (χ3v) is 2.42. The van der Waals surface area contributed by atoms with Crippen molar-refractivity contribution in [3.63, 3.8) is 0 Å². The van der Waals surface area contributed by atoms with Crippen molar-refractivity contribution >= 4 is 12.0 Å². The second-order valence-corrected chi connectivity index (χ2v) is 4.51. The molecular formula is C11H22N2O3. The molecule has 0 saturated carbocycles. The first-order valence-electron chi connectivity index (χ1n) is 5.46. The Labute approximate surface area is 96.9 Å². The lowest BCUT2D eigenvalue weighted by Crippen LogP contribution is -2.46. The number of esters is 1. The maximum absolute atomic E-state index is 11.4. The molecule has 0 aliphatic rings. The molecule has 0 aromatic rings. The van der Waals surface area contributed by atoms with Crippen molar-refractivity contribution in [1.82, 2.24) is 10.6 Å². The van der Waals surface area contributed by atoms with Gasteiger partial charge in [-0.05, 0) is 27.2 Å². The van der Waals surface area contributed by atoms with E-state index >= 15 is 0 Å².